The Bertz CT molecular complexity index is 281. The maximum atomic E-state index is 11.8. The first-order valence-corrected chi connectivity index (χ1v) is 6.65. The molecule has 0 aromatic heterocycles. The normalized spacial score (nSPS) is 14.9. The number of carbonyl (C=O) groups excluding carboxylic acids is 1. The first-order valence-electron chi connectivity index (χ1n) is 6.65. The van der Waals surface area contributed by atoms with Crippen LogP contribution in [0.3, 0.4) is 0 Å². The highest BCUT2D eigenvalue weighted by Gasteiger charge is 2.23. The molecular formula is C14H27NO3. The van der Waals surface area contributed by atoms with Gasteiger partial charge in [-0.1, -0.05) is 41.0 Å². The molecule has 0 aliphatic carbocycles. The number of carboxylic acids is 1. The van der Waals surface area contributed by atoms with E-state index in [1.54, 1.807) is 0 Å². The molecule has 2 atom stereocenters. The Morgan fingerprint density at radius 1 is 1.22 bits per heavy atom. The molecule has 0 spiro atoms. The largest absolute Gasteiger partial charge is 0.481 e. The molecule has 1 amide bonds. The third-order valence-electron chi connectivity index (χ3n) is 2.88. The molecule has 18 heavy (non-hydrogen) atoms. The molecule has 0 aromatic rings. The first-order chi connectivity index (χ1) is 8.14. The van der Waals surface area contributed by atoms with Gasteiger partial charge in [-0.05, 0) is 17.8 Å². The van der Waals surface area contributed by atoms with Gasteiger partial charge in [-0.25, -0.2) is 0 Å². The lowest BCUT2D eigenvalue weighted by Gasteiger charge is -2.26. The van der Waals surface area contributed by atoms with Crippen LogP contribution in [0.5, 0.6) is 0 Å². The van der Waals surface area contributed by atoms with Crippen molar-refractivity contribution < 1.29 is 14.7 Å². The van der Waals surface area contributed by atoms with E-state index in [-0.39, 0.29) is 23.8 Å². The van der Waals surface area contributed by atoms with E-state index < -0.39 is 5.97 Å². The second kappa shape index (κ2) is 7.39. The standard InChI is InChI=1S/C14H27NO3/c1-6-10(2)7-12(16)15-11(8-13(17)18)9-14(3,4)5/h10-11H,6-9H2,1-5H3,(H,15,16)(H,17,18). The number of rotatable bonds is 7. The second-order valence-electron chi connectivity index (χ2n) is 6.34. The minimum Gasteiger partial charge on any atom is -0.481 e. The Balaban J connectivity index is 4.40. The van der Waals surface area contributed by atoms with Gasteiger partial charge in [-0.2, -0.15) is 0 Å². The molecule has 4 nitrogen and oxygen atoms in total. The monoisotopic (exact) mass is 257 g/mol. The summed E-state index contributed by atoms with van der Waals surface area (Å²) < 4.78 is 0. The van der Waals surface area contributed by atoms with Gasteiger partial charge in [0.1, 0.15) is 0 Å². The molecule has 2 N–H and O–H groups in total. The third kappa shape index (κ3) is 9.02. The van der Waals surface area contributed by atoms with E-state index in [0.717, 1.165) is 6.42 Å². The Hall–Kier alpha value is -1.06. The molecule has 0 radical (unpaired) electrons. The van der Waals surface area contributed by atoms with Gasteiger partial charge in [0.2, 0.25) is 5.91 Å². The van der Waals surface area contributed by atoms with E-state index in [9.17, 15) is 9.59 Å². The molecule has 2 unspecified atom stereocenters. The van der Waals surface area contributed by atoms with Gasteiger partial charge in [0, 0.05) is 12.5 Å². The molecule has 0 heterocycles. The van der Waals surface area contributed by atoms with Gasteiger partial charge in [0.25, 0.3) is 0 Å². The minimum absolute atomic E-state index is 0.00374. The molecule has 0 aliphatic heterocycles. The highest BCUT2D eigenvalue weighted by molar-refractivity contribution is 5.77. The fourth-order valence-corrected chi connectivity index (χ4v) is 1.87. The van der Waals surface area contributed by atoms with Crippen LogP contribution >= 0.6 is 0 Å². The zero-order valence-corrected chi connectivity index (χ0v) is 12.2. The topological polar surface area (TPSA) is 66.4 Å². The summed E-state index contributed by atoms with van der Waals surface area (Å²) in [6.07, 6.45) is 2.09. The van der Waals surface area contributed by atoms with E-state index in [1.807, 2.05) is 34.6 Å². The Kier molecular flexibility index (Phi) is 6.96. The molecule has 0 saturated carbocycles. The van der Waals surface area contributed by atoms with Crippen LogP contribution in [0.2, 0.25) is 0 Å². The van der Waals surface area contributed by atoms with Gasteiger partial charge in [-0.15, -0.1) is 0 Å². The number of carboxylic acid groups (broad SMARTS) is 1. The van der Waals surface area contributed by atoms with Gasteiger partial charge in [-0.3, -0.25) is 9.59 Å². The van der Waals surface area contributed by atoms with Crippen LogP contribution < -0.4 is 5.32 Å². The second-order valence-corrected chi connectivity index (χ2v) is 6.34. The van der Waals surface area contributed by atoms with Crippen LogP contribution in [0.1, 0.15) is 60.3 Å². The minimum atomic E-state index is -0.868. The van der Waals surface area contributed by atoms with Crippen molar-refractivity contribution >= 4 is 11.9 Å². The molecular weight excluding hydrogens is 230 g/mol. The predicted octanol–water partition coefficient (Wildman–Crippen LogP) is 2.82. The van der Waals surface area contributed by atoms with Crippen LogP contribution in [0.15, 0.2) is 0 Å². The van der Waals surface area contributed by atoms with Crippen LogP contribution in [0, 0.1) is 11.3 Å². The number of amides is 1. The lowest BCUT2D eigenvalue weighted by Crippen LogP contribution is -2.39. The molecule has 0 bridgehead atoms. The molecule has 0 saturated heterocycles. The van der Waals surface area contributed by atoms with Crippen LogP contribution in [0.25, 0.3) is 0 Å². The summed E-state index contributed by atoms with van der Waals surface area (Å²) in [4.78, 5) is 22.6. The zero-order valence-electron chi connectivity index (χ0n) is 12.2. The number of nitrogens with one attached hydrogen (secondary N) is 1. The van der Waals surface area contributed by atoms with E-state index >= 15 is 0 Å². The quantitative estimate of drug-likeness (QED) is 0.737. The van der Waals surface area contributed by atoms with E-state index in [0.29, 0.717) is 18.8 Å². The van der Waals surface area contributed by atoms with Gasteiger partial charge in [0.05, 0.1) is 6.42 Å². The van der Waals surface area contributed by atoms with Crippen molar-refractivity contribution in [1.82, 2.24) is 5.32 Å². The third-order valence-corrected chi connectivity index (χ3v) is 2.88. The van der Waals surface area contributed by atoms with Crippen molar-refractivity contribution in [3.8, 4) is 0 Å². The lowest BCUT2D eigenvalue weighted by molar-refractivity contribution is -0.137. The SMILES string of the molecule is CCC(C)CC(=O)NC(CC(=O)O)CC(C)(C)C. The molecule has 4 heteroatoms. The first kappa shape index (κ1) is 16.9. The van der Waals surface area contributed by atoms with Crippen LogP contribution in [-0.4, -0.2) is 23.0 Å². The maximum absolute atomic E-state index is 11.8. The van der Waals surface area contributed by atoms with Gasteiger partial charge >= 0.3 is 5.97 Å². The van der Waals surface area contributed by atoms with Crippen molar-refractivity contribution in [2.45, 2.75) is 66.3 Å². The summed E-state index contributed by atoms with van der Waals surface area (Å²) in [5.41, 5.74) is 0.00374. The number of carbonyl (C=O) groups is 2. The zero-order chi connectivity index (χ0) is 14.3. The fraction of sp³-hybridized carbons (Fsp3) is 0.857. The summed E-state index contributed by atoms with van der Waals surface area (Å²) in [5.74, 6) is -0.571. The van der Waals surface area contributed by atoms with Crippen LogP contribution in [0.4, 0.5) is 0 Å². The Labute approximate surface area is 110 Å². The molecule has 0 rings (SSSR count). The maximum Gasteiger partial charge on any atom is 0.305 e. The van der Waals surface area contributed by atoms with E-state index in [1.165, 1.54) is 0 Å². The molecule has 0 aliphatic rings. The molecule has 0 aromatic carbocycles. The number of hydrogen-bond acceptors (Lipinski definition) is 2. The Morgan fingerprint density at radius 3 is 2.17 bits per heavy atom. The summed E-state index contributed by atoms with van der Waals surface area (Å²) in [6.45, 7) is 10.2. The summed E-state index contributed by atoms with van der Waals surface area (Å²) in [6, 6.07) is -0.279. The van der Waals surface area contributed by atoms with Crippen LogP contribution in [-0.2, 0) is 9.59 Å². The average molecular weight is 257 g/mol. The van der Waals surface area contributed by atoms with Crippen molar-refractivity contribution in [3.63, 3.8) is 0 Å². The Morgan fingerprint density at radius 2 is 1.78 bits per heavy atom. The predicted molar refractivity (Wildman–Crippen MR) is 72.3 cm³/mol. The van der Waals surface area contributed by atoms with Crippen molar-refractivity contribution in [1.29, 1.82) is 0 Å². The number of aliphatic carboxylic acids is 1. The highest BCUT2D eigenvalue weighted by atomic mass is 16.4. The smallest absolute Gasteiger partial charge is 0.305 e. The average Bonchev–Trinajstić information content (AvgIpc) is 2.12. The van der Waals surface area contributed by atoms with Crippen molar-refractivity contribution in [3.05, 3.63) is 0 Å². The highest BCUT2D eigenvalue weighted by Crippen LogP contribution is 2.22. The van der Waals surface area contributed by atoms with Crippen molar-refractivity contribution in [2.24, 2.45) is 11.3 Å². The van der Waals surface area contributed by atoms with Gasteiger partial charge in [0.15, 0.2) is 0 Å². The molecule has 106 valence electrons. The van der Waals surface area contributed by atoms with Gasteiger partial charge < -0.3 is 10.4 Å². The molecule has 0 fully saturated rings. The fourth-order valence-electron chi connectivity index (χ4n) is 1.87. The van der Waals surface area contributed by atoms with E-state index in [4.69, 9.17) is 5.11 Å². The lowest BCUT2D eigenvalue weighted by atomic mass is 9.87. The van der Waals surface area contributed by atoms with Crippen molar-refractivity contribution in [2.75, 3.05) is 0 Å². The number of hydrogen-bond donors (Lipinski definition) is 2. The van der Waals surface area contributed by atoms with E-state index in [2.05, 4.69) is 5.32 Å². The summed E-state index contributed by atoms with van der Waals surface area (Å²) in [5, 5.41) is 11.7. The summed E-state index contributed by atoms with van der Waals surface area (Å²) in [7, 11) is 0. The summed E-state index contributed by atoms with van der Waals surface area (Å²) >= 11 is 0.